The Bertz CT molecular complexity index is 462. The van der Waals surface area contributed by atoms with E-state index in [1.165, 1.54) is 0 Å². The molecular formula is C15H25N3O2. The minimum Gasteiger partial charge on any atom is -0.360 e. The molecule has 1 aromatic rings. The lowest BCUT2D eigenvalue weighted by atomic mass is 9.94. The van der Waals surface area contributed by atoms with Gasteiger partial charge in [0.25, 0.3) is 0 Å². The Labute approximate surface area is 120 Å². The first-order chi connectivity index (χ1) is 9.34. The van der Waals surface area contributed by atoms with Gasteiger partial charge in [0.05, 0.1) is 12.2 Å². The highest BCUT2D eigenvalue weighted by atomic mass is 16.5. The van der Waals surface area contributed by atoms with Crippen molar-refractivity contribution in [2.75, 3.05) is 13.1 Å². The average molecular weight is 279 g/mol. The quantitative estimate of drug-likeness (QED) is 0.920. The van der Waals surface area contributed by atoms with Crippen LogP contribution in [0.15, 0.2) is 10.6 Å². The maximum atomic E-state index is 12.0. The Hall–Kier alpha value is -1.36. The van der Waals surface area contributed by atoms with Crippen LogP contribution < -0.4 is 5.32 Å². The summed E-state index contributed by atoms with van der Waals surface area (Å²) in [6.07, 6.45) is 2.15. The predicted molar refractivity (Wildman–Crippen MR) is 77.1 cm³/mol. The van der Waals surface area contributed by atoms with Crippen LogP contribution in [0.3, 0.4) is 0 Å². The molecule has 0 saturated carbocycles. The van der Waals surface area contributed by atoms with Crippen LogP contribution in [0, 0.1) is 12.3 Å². The summed E-state index contributed by atoms with van der Waals surface area (Å²) in [5.74, 6) is 1.02. The largest absolute Gasteiger partial charge is 0.360 e. The molecule has 1 N–H and O–H groups in total. The third-order valence-electron chi connectivity index (χ3n) is 3.58. The Kier molecular flexibility index (Phi) is 4.48. The zero-order valence-corrected chi connectivity index (χ0v) is 12.9. The summed E-state index contributed by atoms with van der Waals surface area (Å²) in [6.45, 7) is 10.4. The molecule has 1 saturated heterocycles. The van der Waals surface area contributed by atoms with Crippen molar-refractivity contribution < 1.29 is 9.32 Å². The second-order valence-electron chi connectivity index (χ2n) is 6.73. The summed E-state index contributed by atoms with van der Waals surface area (Å²) >= 11 is 0. The van der Waals surface area contributed by atoms with Crippen LogP contribution in [0.25, 0.3) is 0 Å². The number of hydrogen-bond donors (Lipinski definition) is 1. The summed E-state index contributed by atoms with van der Waals surface area (Å²) in [6, 6.07) is 2.21. The van der Waals surface area contributed by atoms with Gasteiger partial charge in [-0.15, -0.1) is 0 Å². The van der Waals surface area contributed by atoms with Crippen LogP contribution in [-0.4, -0.2) is 35.1 Å². The van der Waals surface area contributed by atoms with E-state index >= 15 is 0 Å². The molecule has 5 nitrogen and oxygen atoms in total. The monoisotopic (exact) mass is 279 g/mol. The molecule has 1 amide bonds. The van der Waals surface area contributed by atoms with E-state index in [0.29, 0.717) is 0 Å². The number of piperidine rings is 1. The van der Waals surface area contributed by atoms with E-state index < -0.39 is 0 Å². The predicted octanol–water partition coefficient (Wildman–Crippen LogP) is 2.11. The first-order valence-corrected chi connectivity index (χ1v) is 7.30. The van der Waals surface area contributed by atoms with Crippen molar-refractivity contribution in [1.82, 2.24) is 15.4 Å². The first-order valence-electron chi connectivity index (χ1n) is 7.30. The zero-order chi connectivity index (χ0) is 14.8. The van der Waals surface area contributed by atoms with Gasteiger partial charge in [0.1, 0.15) is 0 Å². The van der Waals surface area contributed by atoms with Gasteiger partial charge in [-0.25, -0.2) is 0 Å². The van der Waals surface area contributed by atoms with E-state index in [0.717, 1.165) is 43.9 Å². The van der Waals surface area contributed by atoms with Crippen LogP contribution in [0.4, 0.5) is 0 Å². The lowest BCUT2D eigenvalue weighted by Crippen LogP contribution is -2.50. The van der Waals surface area contributed by atoms with E-state index in [1.54, 1.807) is 0 Å². The minimum atomic E-state index is -0.329. The molecular weight excluding hydrogens is 254 g/mol. The Morgan fingerprint density at radius 2 is 2.30 bits per heavy atom. The third-order valence-corrected chi connectivity index (χ3v) is 3.58. The number of aryl methyl sites for hydroxylation is 1. The molecule has 112 valence electrons. The van der Waals surface area contributed by atoms with Gasteiger partial charge in [0, 0.05) is 24.1 Å². The lowest BCUT2D eigenvalue weighted by Gasteiger charge is -2.33. The fraction of sp³-hybridized carbons (Fsp3) is 0.733. The summed E-state index contributed by atoms with van der Waals surface area (Å²) in [5, 5.41) is 7.06. The Morgan fingerprint density at radius 1 is 1.55 bits per heavy atom. The smallest absolute Gasteiger partial charge is 0.225 e. The van der Waals surface area contributed by atoms with Crippen LogP contribution in [-0.2, 0) is 11.3 Å². The fourth-order valence-corrected chi connectivity index (χ4v) is 2.43. The third kappa shape index (κ3) is 4.07. The molecule has 0 spiro atoms. The van der Waals surface area contributed by atoms with Gasteiger partial charge in [-0.1, -0.05) is 25.9 Å². The number of rotatable bonds is 3. The van der Waals surface area contributed by atoms with Gasteiger partial charge < -0.3 is 9.84 Å². The van der Waals surface area contributed by atoms with Crippen molar-refractivity contribution in [2.45, 2.75) is 53.1 Å². The maximum absolute atomic E-state index is 12.0. The first kappa shape index (κ1) is 15.0. The molecule has 1 aliphatic rings. The number of hydrogen-bond acceptors (Lipinski definition) is 4. The van der Waals surface area contributed by atoms with Crippen molar-refractivity contribution in [1.29, 1.82) is 0 Å². The van der Waals surface area contributed by atoms with Crippen LogP contribution in [0.2, 0.25) is 0 Å². The summed E-state index contributed by atoms with van der Waals surface area (Å²) < 4.78 is 5.26. The number of carbonyl (C=O) groups excluding carboxylic acids is 1. The fourth-order valence-electron chi connectivity index (χ4n) is 2.43. The molecule has 0 aliphatic carbocycles. The van der Waals surface area contributed by atoms with Crippen molar-refractivity contribution in [3.8, 4) is 0 Å². The van der Waals surface area contributed by atoms with Crippen molar-refractivity contribution >= 4 is 5.91 Å². The number of carbonyl (C=O) groups is 1. The second-order valence-corrected chi connectivity index (χ2v) is 6.73. The molecule has 0 bridgehead atoms. The van der Waals surface area contributed by atoms with Crippen molar-refractivity contribution in [3.05, 3.63) is 17.5 Å². The summed E-state index contributed by atoms with van der Waals surface area (Å²) in [5.41, 5.74) is 0.583. The summed E-state index contributed by atoms with van der Waals surface area (Å²) in [4.78, 5) is 14.4. The van der Waals surface area contributed by atoms with Crippen LogP contribution >= 0.6 is 0 Å². The maximum Gasteiger partial charge on any atom is 0.225 e. The highest BCUT2D eigenvalue weighted by Crippen LogP contribution is 2.17. The molecule has 0 radical (unpaired) electrons. The SMILES string of the molecule is Cc1cc(CN2CCCC(NC(=O)C(C)(C)C)C2)on1. The standard InChI is InChI=1S/C15H25N3O2/c1-11-8-13(20-17-11)10-18-7-5-6-12(9-18)16-14(19)15(2,3)4/h8,12H,5-7,9-10H2,1-4H3,(H,16,19). The van der Waals surface area contributed by atoms with E-state index in [2.05, 4.69) is 15.4 Å². The van der Waals surface area contributed by atoms with Gasteiger partial charge in [-0.2, -0.15) is 0 Å². The Morgan fingerprint density at radius 3 is 2.90 bits per heavy atom. The van der Waals surface area contributed by atoms with Crippen LogP contribution in [0.5, 0.6) is 0 Å². The van der Waals surface area contributed by atoms with E-state index in [1.807, 2.05) is 33.8 Å². The molecule has 1 unspecified atom stereocenters. The second kappa shape index (κ2) is 5.95. The van der Waals surface area contributed by atoms with E-state index in [9.17, 15) is 4.79 Å². The van der Waals surface area contributed by atoms with E-state index in [-0.39, 0.29) is 17.4 Å². The van der Waals surface area contributed by atoms with Gasteiger partial charge >= 0.3 is 0 Å². The minimum absolute atomic E-state index is 0.125. The highest BCUT2D eigenvalue weighted by molar-refractivity contribution is 5.81. The summed E-state index contributed by atoms with van der Waals surface area (Å²) in [7, 11) is 0. The molecule has 2 rings (SSSR count). The number of nitrogens with zero attached hydrogens (tertiary/aromatic N) is 2. The topological polar surface area (TPSA) is 58.4 Å². The van der Waals surface area contributed by atoms with Crippen LogP contribution in [0.1, 0.15) is 45.1 Å². The van der Waals surface area contributed by atoms with E-state index in [4.69, 9.17) is 4.52 Å². The van der Waals surface area contributed by atoms with Gasteiger partial charge in [0.15, 0.2) is 5.76 Å². The van der Waals surface area contributed by atoms with Crippen molar-refractivity contribution in [3.63, 3.8) is 0 Å². The van der Waals surface area contributed by atoms with Gasteiger partial charge in [-0.05, 0) is 26.3 Å². The normalized spacial score (nSPS) is 20.9. The molecule has 1 atom stereocenters. The zero-order valence-electron chi connectivity index (χ0n) is 12.9. The number of nitrogens with one attached hydrogen (secondary N) is 1. The number of likely N-dealkylation sites (tertiary alicyclic amines) is 1. The Balaban J connectivity index is 1.87. The van der Waals surface area contributed by atoms with Gasteiger partial charge in [0.2, 0.25) is 5.91 Å². The average Bonchev–Trinajstić information content (AvgIpc) is 2.74. The lowest BCUT2D eigenvalue weighted by molar-refractivity contribution is -0.129. The number of aromatic nitrogens is 1. The molecule has 1 aliphatic heterocycles. The molecule has 20 heavy (non-hydrogen) atoms. The molecule has 1 aromatic heterocycles. The molecule has 1 fully saturated rings. The molecule has 5 heteroatoms. The number of amides is 1. The van der Waals surface area contributed by atoms with Crippen molar-refractivity contribution in [2.24, 2.45) is 5.41 Å². The van der Waals surface area contributed by atoms with Gasteiger partial charge in [-0.3, -0.25) is 9.69 Å². The molecule has 0 aromatic carbocycles. The molecule has 2 heterocycles. The highest BCUT2D eigenvalue weighted by Gasteiger charge is 2.27.